The molecule has 0 N–H and O–H groups in total. The van der Waals surface area contributed by atoms with Crippen molar-refractivity contribution in [2.24, 2.45) is 0 Å². The summed E-state index contributed by atoms with van der Waals surface area (Å²) in [5.74, 6) is 0.716. The second-order valence-electron chi connectivity index (χ2n) is 5.55. The van der Waals surface area contributed by atoms with Crippen LogP contribution >= 0.6 is 0 Å². The standard InChI is InChI=1S/C16H23F2NO2/c1-12(2)15-11-13(3-4-14(15)16(17)18)21-10-7-19-5-8-20-9-6-19/h3-4,11-12,16H,5-10H2,1-2H3. The van der Waals surface area contributed by atoms with Crippen LogP contribution in [0.5, 0.6) is 5.75 Å². The Labute approximate surface area is 124 Å². The van der Waals surface area contributed by atoms with Gasteiger partial charge in [-0.1, -0.05) is 13.8 Å². The minimum Gasteiger partial charge on any atom is -0.492 e. The van der Waals surface area contributed by atoms with Gasteiger partial charge in [0.1, 0.15) is 12.4 Å². The minimum absolute atomic E-state index is 0.0526. The van der Waals surface area contributed by atoms with Gasteiger partial charge >= 0.3 is 0 Å². The molecule has 0 amide bonds. The summed E-state index contributed by atoms with van der Waals surface area (Å²) < 4.78 is 36.9. The minimum atomic E-state index is -2.44. The average molecular weight is 299 g/mol. The van der Waals surface area contributed by atoms with Crippen molar-refractivity contribution in [3.63, 3.8) is 0 Å². The topological polar surface area (TPSA) is 21.7 Å². The maximum Gasteiger partial charge on any atom is 0.264 e. The van der Waals surface area contributed by atoms with Gasteiger partial charge in [0.15, 0.2) is 0 Å². The van der Waals surface area contributed by atoms with E-state index in [0.29, 0.717) is 17.9 Å². The van der Waals surface area contributed by atoms with Crippen molar-refractivity contribution in [2.75, 3.05) is 39.5 Å². The van der Waals surface area contributed by atoms with Crippen LogP contribution in [0.4, 0.5) is 8.78 Å². The summed E-state index contributed by atoms with van der Waals surface area (Å²) in [6.45, 7) is 8.59. The molecule has 0 saturated carbocycles. The normalized spacial score (nSPS) is 16.7. The van der Waals surface area contributed by atoms with E-state index in [2.05, 4.69) is 4.90 Å². The van der Waals surface area contributed by atoms with Gasteiger partial charge in [-0.25, -0.2) is 8.78 Å². The van der Waals surface area contributed by atoms with Crippen molar-refractivity contribution < 1.29 is 18.3 Å². The molecule has 0 aliphatic carbocycles. The van der Waals surface area contributed by atoms with E-state index in [9.17, 15) is 8.78 Å². The number of hydrogen-bond acceptors (Lipinski definition) is 3. The molecule has 0 bridgehead atoms. The maximum absolute atomic E-state index is 13.0. The lowest BCUT2D eigenvalue weighted by atomic mass is 9.97. The Morgan fingerprint density at radius 3 is 2.52 bits per heavy atom. The number of benzene rings is 1. The zero-order chi connectivity index (χ0) is 15.2. The third-order valence-electron chi connectivity index (χ3n) is 3.70. The van der Waals surface area contributed by atoms with Crippen molar-refractivity contribution in [2.45, 2.75) is 26.2 Å². The summed E-state index contributed by atoms with van der Waals surface area (Å²) in [5.41, 5.74) is 0.763. The van der Waals surface area contributed by atoms with E-state index >= 15 is 0 Å². The molecule has 1 heterocycles. The van der Waals surface area contributed by atoms with Crippen LogP contribution in [0, 0.1) is 0 Å². The Morgan fingerprint density at radius 1 is 1.19 bits per heavy atom. The van der Waals surface area contributed by atoms with E-state index in [1.807, 2.05) is 13.8 Å². The SMILES string of the molecule is CC(C)c1cc(OCCN2CCOCC2)ccc1C(F)F. The molecule has 21 heavy (non-hydrogen) atoms. The van der Waals surface area contributed by atoms with Crippen LogP contribution in [-0.2, 0) is 4.74 Å². The Morgan fingerprint density at radius 2 is 1.90 bits per heavy atom. The van der Waals surface area contributed by atoms with Crippen molar-refractivity contribution in [1.82, 2.24) is 4.90 Å². The molecule has 0 spiro atoms. The second kappa shape index (κ2) is 7.71. The van der Waals surface area contributed by atoms with Gasteiger partial charge in [-0.15, -0.1) is 0 Å². The summed E-state index contributed by atoms with van der Waals surface area (Å²) in [6.07, 6.45) is -2.44. The first-order chi connectivity index (χ1) is 10.1. The van der Waals surface area contributed by atoms with Gasteiger partial charge in [-0.2, -0.15) is 0 Å². The Balaban J connectivity index is 1.92. The van der Waals surface area contributed by atoms with E-state index in [-0.39, 0.29) is 11.5 Å². The quantitative estimate of drug-likeness (QED) is 0.803. The molecule has 0 aromatic heterocycles. The molecule has 0 radical (unpaired) electrons. The molecule has 118 valence electrons. The van der Waals surface area contributed by atoms with E-state index in [0.717, 1.165) is 32.8 Å². The summed E-state index contributed by atoms with van der Waals surface area (Å²) >= 11 is 0. The zero-order valence-electron chi connectivity index (χ0n) is 12.6. The van der Waals surface area contributed by atoms with Gasteiger partial charge in [0, 0.05) is 25.2 Å². The number of alkyl halides is 2. The maximum atomic E-state index is 13.0. The highest BCUT2D eigenvalue weighted by Crippen LogP contribution is 2.31. The first kappa shape index (κ1) is 16.2. The Kier molecular flexibility index (Phi) is 5.94. The molecule has 3 nitrogen and oxygen atoms in total. The Hall–Kier alpha value is -1.20. The van der Waals surface area contributed by atoms with Gasteiger partial charge in [0.05, 0.1) is 13.2 Å². The number of nitrogens with zero attached hydrogens (tertiary/aromatic N) is 1. The lowest BCUT2D eigenvalue weighted by Gasteiger charge is -2.26. The lowest BCUT2D eigenvalue weighted by Crippen LogP contribution is -2.38. The van der Waals surface area contributed by atoms with Crippen LogP contribution in [0.15, 0.2) is 18.2 Å². The van der Waals surface area contributed by atoms with Crippen LogP contribution < -0.4 is 4.74 Å². The van der Waals surface area contributed by atoms with Crippen molar-refractivity contribution in [1.29, 1.82) is 0 Å². The average Bonchev–Trinajstić information content (AvgIpc) is 2.48. The van der Waals surface area contributed by atoms with Crippen LogP contribution in [0.1, 0.15) is 37.3 Å². The highest BCUT2D eigenvalue weighted by molar-refractivity contribution is 5.38. The Bertz CT molecular complexity index is 446. The predicted molar refractivity (Wildman–Crippen MR) is 78.2 cm³/mol. The summed E-state index contributed by atoms with van der Waals surface area (Å²) in [6, 6.07) is 4.85. The number of ether oxygens (including phenoxy) is 2. The molecule has 5 heteroatoms. The highest BCUT2D eigenvalue weighted by Gasteiger charge is 2.16. The predicted octanol–water partition coefficient (Wildman–Crippen LogP) is 3.46. The number of morpholine rings is 1. The molecular formula is C16H23F2NO2. The zero-order valence-corrected chi connectivity index (χ0v) is 12.6. The lowest BCUT2D eigenvalue weighted by molar-refractivity contribution is 0.0322. The van der Waals surface area contributed by atoms with Gasteiger partial charge in [-0.3, -0.25) is 4.90 Å². The summed E-state index contributed by atoms with van der Waals surface area (Å²) in [4.78, 5) is 2.28. The second-order valence-corrected chi connectivity index (χ2v) is 5.55. The van der Waals surface area contributed by atoms with Crippen LogP contribution in [-0.4, -0.2) is 44.4 Å². The van der Waals surface area contributed by atoms with E-state index in [1.54, 1.807) is 12.1 Å². The van der Waals surface area contributed by atoms with E-state index < -0.39 is 6.43 Å². The molecule has 1 aliphatic rings. The number of rotatable bonds is 6. The van der Waals surface area contributed by atoms with Crippen LogP contribution in [0.25, 0.3) is 0 Å². The van der Waals surface area contributed by atoms with Gasteiger partial charge in [-0.05, 0) is 29.7 Å². The van der Waals surface area contributed by atoms with Crippen LogP contribution in [0.3, 0.4) is 0 Å². The fraction of sp³-hybridized carbons (Fsp3) is 0.625. The summed E-state index contributed by atoms with van der Waals surface area (Å²) in [7, 11) is 0. The number of halogens is 2. The first-order valence-corrected chi connectivity index (χ1v) is 7.43. The molecular weight excluding hydrogens is 276 g/mol. The molecule has 1 fully saturated rings. The third-order valence-corrected chi connectivity index (χ3v) is 3.70. The number of hydrogen-bond donors (Lipinski definition) is 0. The molecule has 1 saturated heterocycles. The first-order valence-electron chi connectivity index (χ1n) is 7.43. The molecule has 1 aliphatic heterocycles. The van der Waals surface area contributed by atoms with Crippen molar-refractivity contribution in [3.8, 4) is 5.75 Å². The van der Waals surface area contributed by atoms with Gasteiger partial charge in [0.2, 0.25) is 0 Å². The molecule has 1 aromatic carbocycles. The largest absolute Gasteiger partial charge is 0.492 e. The molecule has 2 rings (SSSR count). The monoisotopic (exact) mass is 299 g/mol. The molecule has 0 atom stereocenters. The van der Waals surface area contributed by atoms with Crippen LogP contribution in [0.2, 0.25) is 0 Å². The summed E-state index contributed by atoms with van der Waals surface area (Å²) in [5, 5.41) is 0. The van der Waals surface area contributed by atoms with E-state index in [1.165, 1.54) is 6.07 Å². The third kappa shape index (κ3) is 4.64. The fourth-order valence-electron chi connectivity index (χ4n) is 2.46. The van der Waals surface area contributed by atoms with E-state index in [4.69, 9.17) is 9.47 Å². The van der Waals surface area contributed by atoms with Gasteiger partial charge < -0.3 is 9.47 Å². The van der Waals surface area contributed by atoms with Crippen molar-refractivity contribution >= 4 is 0 Å². The van der Waals surface area contributed by atoms with Crippen molar-refractivity contribution in [3.05, 3.63) is 29.3 Å². The molecule has 1 aromatic rings. The smallest absolute Gasteiger partial charge is 0.264 e. The van der Waals surface area contributed by atoms with Gasteiger partial charge in [0.25, 0.3) is 6.43 Å². The highest BCUT2D eigenvalue weighted by atomic mass is 19.3. The fourth-order valence-corrected chi connectivity index (χ4v) is 2.46. The molecule has 0 unspecified atom stereocenters.